The fourth-order valence-corrected chi connectivity index (χ4v) is 5.89. The van der Waals surface area contributed by atoms with Gasteiger partial charge in [0.15, 0.2) is 8.96 Å². The van der Waals surface area contributed by atoms with Crippen molar-refractivity contribution in [2.24, 2.45) is 0 Å². The van der Waals surface area contributed by atoms with Crippen molar-refractivity contribution in [3.63, 3.8) is 0 Å². The van der Waals surface area contributed by atoms with E-state index in [2.05, 4.69) is 55.5 Å². The first-order valence-electron chi connectivity index (χ1n) is 3.91. The normalized spacial score (nSPS) is 11.2. The predicted octanol–water partition coefficient (Wildman–Crippen LogP) is 1.28. The van der Waals surface area contributed by atoms with Crippen molar-refractivity contribution >= 4 is 46.8 Å². The molecule has 0 aromatic rings. The summed E-state index contributed by atoms with van der Waals surface area (Å²) in [5.74, 6) is 0. The molecule has 4 heteroatoms. The maximum absolute atomic E-state index is 3.84. The number of hydrogen-bond acceptors (Lipinski definition) is 1. The molecule has 0 aliphatic rings. The van der Waals surface area contributed by atoms with Gasteiger partial charge in [-0.05, 0) is 7.05 Å². The van der Waals surface area contributed by atoms with Crippen LogP contribution in [-0.4, -0.2) is 58.0 Å². The molecule has 0 amide bonds. The van der Waals surface area contributed by atoms with Crippen LogP contribution in [-0.2, 0) is 0 Å². The van der Waals surface area contributed by atoms with Crippen molar-refractivity contribution in [3.05, 3.63) is 24.6 Å². The summed E-state index contributed by atoms with van der Waals surface area (Å²) < 4.78 is 2.51. The third kappa shape index (κ3) is 4.79. The van der Waals surface area contributed by atoms with Gasteiger partial charge < -0.3 is 4.23 Å². The number of hydrogen-bond donors (Lipinski definition) is 0. The van der Waals surface area contributed by atoms with Crippen molar-refractivity contribution in [1.29, 1.82) is 0 Å². The van der Waals surface area contributed by atoms with Gasteiger partial charge >= 0.3 is 29.6 Å². The Balaban J connectivity index is 0. The van der Waals surface area contributed by atoms with Crippen LogP contribution in [0.2, 0.25) is 19.6 Å². The van der Waals surface area contributed by atoms with Crippen LogP contribution in [0.15, 0.2) is 24.6 Å². The van der Waals surface area contributed by atoms with Gasteiger partial charge in [-0.3, -0.25) is 0 Å². The van der Waals surface area contributed by atoms with E-state index in [1.165, 1.54) is 0 Å². The van der Waals surface area contributed by atoms with Gasteiger partial charge in [0, 0.05) is 0 Å². The van der Waals surface area contributed by atoms with Crippen LogP contribution in [0.3, 0.4) is 0 Å². The van der Waals surface area contributed by atoms with E-state index in [9.17, 15) is 0 Å². The fourth-order valence-electron chi connectivity index (χ4n) is 0.860. The van der Waals surface area contributed by atoms with Gasteiger partial charge in [-0.25, -0.2) is 0 Å². The quantitative estimate of drug-likeness (QED) is 0.631. The van der Waals surface area contributed by atoms with Gasteiger partial charge in [-0.2, -0.15) is 0 Å². The van der Waals surface area contributed by atoms with Crippen LogP contribution >= 0.6 is 0 Å². The summed E-state index contributed by atoms with van der Waals surface area (Å²) in [7, 11) is 0.0994. The van der Waals surface area contributed by atoms with Crippen LogP contribution < -0.4 is 0 Å². The summed E-state index contributed by atoms with van der Waals surface area (Å²) in [4.78, 5) is 0. The third-order valence-electron chi connectivity index (χ3n) is 1.99. The van der Waals surface area contributed by atoms with E-state index >= 15 is 0 Å². The SMILES string of the molecule is C=C[SiH](C=C)N(C)[Si](C)(C)C.[NaH]. The standard InChI is InChI=1S/C8H19NSi2.Na.H/c1-7-10(8-2)9(3)11(4,5)6;;/h7-8,10H,1-2H2,3-6H3;;. The molecular formula is C8H20NNaSi2. The molecule has 0 radical (unpaired) electrons. The van der Waals surface area contributed by atoms with E-state index < -0.39 is 17.2 Å². The number of rotatable bonds is 4. The van der Waals surface area contributed by atoms with E-state index in [1.807, 2.05) is 0 Å². The Morgan fingerprint density at radius 3 is 1.58 bits per heavy atom. The van der Waals surface area contributed by atoms with E-state index in [4.69, 9.17) is 0 Å². The second-order valence-corrected chi connectivity index (χ2v) is 12.0. The van der Waals surface area contributed by atoms with E-state index in [0.29, 0.717) is 0 Å². The summed E-state index contributed by atoms with van der Waals surface area (Å²) in [5, 5.41) is 0. The first-order chi connectivity index (χ1) is 4.93. The van der Waals surface area contributed by atoms with Crippen LogP contribution in [0.25, 0.3) is 0 Å². The molecule has 0 fully saturated rings. The minimum atomic E-state index is -1.11. The average molecular weight is 209 g/mol. The summed E-state index contributed by atoms with van der Waals surface area (Å²) in [5.41, 5.74) is 4.15. The molecule has 1 nitrogen and oxygen atoms in total. The van der Waals surface area contributed by atoms with Crippen LogP contribution in [0.1, 0.15) is 0 Å². The molecule has 0 aromatic heterocycles. The monoisotopic (exact) mass is 209 g/mol. The molecule has 66 valence electrons. The summed E-state index contributed by atoms with van der Waals surface area (Å²) >= 11 is 0. The minimum absolute atomic E-state index is 0. The molecule has 0 rings (SSSR count). The van der Waals surface area contributed by atoms with Gasteiger partial charge in [0.2, 0.25) is 0 Å². The molecule has 12 heavy (non-hydrogen) atoms. The van der Waals surface area contributed by atoms with Crippen molar-refractivity contribution in [2.45, 2.75) is 19.6 Å². The van der Waals surface area contributed by atoms with Crippen molar-refractivity contribution < 1.29 is 0 Å². The molecule has 0 atom stereocenters. The van der Waals surface area contributed by atoms with Crippen LogP contribution in [0.5, 0.6) is 0 Å². The second kappa shape index (κ2) is 6.35. The molecular weight excluding hydrogens is 189 g/mol. The van der Waals surface area contributed by atoms with Crippen LogP contribution in [0.4, 0.5) is 0 Å². The average Bonchev–Trinajstić information content (AvgIpc) is 1.88. The Morgan fingerprint density at radius 2 is 1.50 bits per heavy atom. The first kappa shape index (κ1) is 15.4. The Hall–Kier alpha value is 0.874. The van der Waals surface area contributed by atoms with Crippen molar-refractivity contribution in [1.82, 2.24) is 4.23 Å². The van der Waals surface area contributed by atoms with Gasteiger partial charge in [0.1, 0.15) is 8.24 Å². The molecule has 0 saturated heterocycles. The predicted molar refractivity (Wildman–Crippen MR) is 65.8 cm³/mol. The molecule has 0 bridgehead atoms. The molecule has 0 aliphatic carbocycles. The zero-order chi connectivity index (χ0) is 9.07. The van der Waals surface area contributed by atoms with Gasteiger partial charge in [0.25, 0.3) is 0 Å². The zero-order valence-electron chi connectivity index (χ0n) is 8.09. The molecule has 0 spiro atoms. The Bertz CT molecular complexity index is 146. The van der Waals surface area contributed by atoms with Gasteiger partial charge in [0.05, 0.1) is 0 Å². The topological polar surface area (TPSA) is 3.24 Å². The summed E-state index contributed by atoms with van der Waals surface area (Å²) in [6.45, 7) is 14.7. The number of nitrogens with zero attached hydrogens (tertiary/aromatic N) is 1. The van der Waals surface area contributed by atoms with E-state index in [1.54, 1.807) is 0 Å². The van der Waals surface area contributed by atoms with Crippen LogP contribution in [0, 0.1) is 0 Å². The van der Waals surface area contributed by atoms with Crippen molar-refractivity contribution in [2.75, 3.05) is 7.05 Å². The van der Waals surface area contributed by atoms with E-state index in [-0.39, 0.29) is 29.6 Å². The molecule has 0 unspecified atom stereocenters. The third-order valence-corrected chi connectivity index (χ3v) is 9.18. The molecule has 0 aromatic carbocycles. The maximum atomic E-state index is 3.84. The Labute approximate surface area is 102 Å². The second-order valence-electron chi connectivity index (χ2n) is 3.74. The van der Waals surface area contributed by atoms with Crippen molar-refractivity contribution in [3.8, 4) is 0 Å². The first-order valence-corrected chi connectivity index (χ1v) is 9.21. The Kier molecular flexibility index (Phi) is 8.12. The summed E-state index contributed by atoms with van der Waals surface area (Å²) in [6.07, 6.45) is 0. The molecule has 0 saturated carbocycles. The van der Waals surface area contributed by atoms with E-state index in [0.717, 1.165) is 0 Å². The molecule has 0 heterocycles. The molecule has 0 N–H and O–H groups in total. The van der Waals surface area contributed by atoms with Gasteiger partial charge in [-0.15, -0.1) is 13.2 Å². The zero-order valence-corrected chi connectivity index (χ0v) is 10.2. The molecule has 0 aliphatic heterocycles. The van der Waals surface area contributed by atoms with Gasteiger partial charge in [-0.1, -0.05) is 31.0 Å². The Morgan fingerprint density at radius 1 is 1.17 bits per heavy atom. The fraction of sp³-hybridized carbons (Fsp3) is 0.500. The summed E-state index contributed by atoms with van der Waals surface area (Å²) in [6, 6.07) is 0.